The first-order chi connectivity index (χ1) is 9.47. The molecule has 20 heavy (non-hydrogen) atoms. The van der Waals surface area contributed by atoms with E-state index in [4.69, 9.17) is 27.9 Å². The van der Waals surface area contributed by atoms with Crippen molar-refractivity contribution in [1.29, 1.82) is 0 Å². The molecule has 1 aliphatic rings. The topological polar surface area (TPSA) is 64.4 Å². The number of non-ortho nitro benzene ring substituents is 1. The molecule has 1 fully saturated rings. The molecule has 2 rings (SSSR count). The molecule has 0 heterocycles. The summed E-state index contributed by atoms with van der Waals surface area (Å²) in [4.78, 5) is 10.1. The van der Waals surface area contributed by atoms with Crippen LogP contribution < -0.4 is 10.1 Å². The monoisotopic (exact) mass is 318 g/mol. The van der Waals surface area contributed by atoms with Crippen molar-refractivity contribution in [2.45, 2.75) is 25.8 Å². The van der Waals surface area contributed by atoms with Crippen LogP contribution >= 0.6 is 23.2 Å². The summed E-state index contributed by atoms with van der Waals surface area (Å²) in [6.45, 7) is 3.38. The SMILES string of the molecule is CC(CNC1CC1)COc1c(Cl)cc([N+](=O)[O-])cc1Cl. The van der Waals surface area contributed by atoms with Gasteiger partial charge in [-0.25, -0.2) is 0 Å². The average Bonchev–Trinajstić information content (AvgIpc) is 3.19. The van der Waals surface area contributed by atoms with Gasteiger partial charge in [-0.1, -0.05) is 30.1 Å². The van der Waals surface area contributed by atoms with Gasteiger partial charge >= 0.3 is 0 Å². The molecule has 0 aliphatic heterocycles. The highest BCUT2D eigenvalue weighted by atomic mass is 35.5. The highest BCUT2D eigenvalue weighted by Crippen LogP contribution is 2.36. The summed E-state index contributed by atoms with van der Waals surface area (Å²) in [5, 5.41) is 14.4. The number of benzene rings is 1. The van der Waals surface area contributed by atoms with E-state index >= 15 is 0 Å². The minimum Gasteiger partial charge on any atom is -0.490 e. The number of nitrogens with one attached hydrogen (secondary N) is 1. The number of nitro groups is 1. The van der Waals surface area contributed by atoms with Gasteiger partial charge in [-0.2, -0.15) is 0 Å². The largest absolute Gasteiger partial charge is 0.490 e. The van der Waals surface area contributed by atoms with Crippen molar-refractivity contribution in [3.8, 4) is 5.75 Å². The van der Waals surface area contributed by atoms with Crippen LogP contribution in [0.25, 0.3) is 0 Å². The van der Waals surface area contributed by atoms with Gasteiger partial charge in [-0.3, -0.25) is 10.1 Å². The zero-order chi connectivity index (χ0) is 14.7. The summed E-state index contributed by atoms with van der Waals surface area (Å²) in [5.74, 6) is 0.607. The molecule has 0 spiro atoms. The average molecular weight is 319 g/mol. The Morgan fingerprint density at radius 2 is 2.05 bits per heavy atom. The maximum Gasteiger partial charge on any atom is 0.272 e. The smallest absolute Gasteiger partial charge is 0.272 e. The fourth-order valence-electron chi connectivity index (χ4n) is 1.73. The molecule has 5 nitrogen and oxygen atoms in total. The molecule has 1 aromatic rings. The third kappa shape index (κ3) is 4.23. The second kappa shape index (κ2) is 6.61. The van der Waals surface area contributed by atoms with E-state index in [0.29, 0.717) is 24.3 Å². The van der Waals surface area contributed by atoms with Gasteiger partial charge in [0.05, 0.1) is 21.6 Å². The molecule has 0 bridgehead atoms. The van der Waals surface area contributed by atoms with Crippen LogP contribution in [-0.4, -0.2) is 24.1 Å². The molecule has 0 saturated heterocycles. The van der Waals surface area contributed by atoms with Crippen LogP contribution in [0.3, 0.4) is 0 Å². The molecule has 1 aliphatic carbocycles. The zero-order valence-corrected chi connectivity index (χ0v) is 12.6. The van der Waals surface area contributed by atoms with Crippen molar-refractivity contribution in [3.63, 3.8) is 0 Å². The third-order valence-corrected chi connectivity index (χ3v) is 3.60. The summed E-state index contributed by atoms with van der Waals surface area (Å²) in [6, 6.07) is 3.15. The molecule has 1 aromatic carbocycles. The summed E-state index contributed by atoms with van der Waals surface area (Å²) in [7, 11) is 0. The lowest BCUT2D eigenvalue weighted by atomic mass is 10.2. The fraction of sp³-hybridized carbons (Fsp3) is 0.538. The minimum atomic E-state index is -0.538. The van der Waals surface area contributed by atoms with Gasteiger partial charge in [0.15, 0.2) is 5.75 Å². The lowest BCUT2D eigenvalue weighted by Crippen LogP contribution is -2.26. The van der Waals surface area contributed by atoms with E-state index in [-0.39, 0.29) is 15.7 Å². The molecular formula is C13H16Cl2N2O3. The van der Waals surface area contributed by atoms with E-state index in [9.17, 15) is 10.1 Å². The Hall–Kier alpha value is -1.04. The van der Waals surface area contributed by atoms with Crippen LogP contribution in [0.5, 0.6) is 5.75 Å². The highest BCUT2D eigenvalue weighted by Gasteiger charge is 2.21. The molecule has 1 N–H and O–H groups in total. The van der Waals surface area contributed by atoms with Gasteiger partial charge in [0.2, 0.25) is 0 Å². The number of halogens is 2. The van der Waals surface area contributed by atoms with E-state index in [0.717, 1.165) is 6.54 Å². The Labute approximate surface area is 127 Å². The van der Waals surface area contributed by atoms with Crippen LogP contribution in [0.4, 0.5) is 5.69 Å². The number of ether oxygens (including phenoxy) is 1. The van der Waals surface area contributed by atoms with Crippen molar-refractivity contribution in [2.75, 3.05) is 13.2 Å². The van der Waals surface area contributed by atoms with Crippen LogP contribution in [0, 0.1) is 16.0 Å². The molecule has 1 saturated carbocycles. The first kappa shape index (κ1) is 15.4. The van der Waals surface area contributed by atoms with Gasteiger partial charge in [-0.15, -0.1) is 0 Å². The standard InChI is InChI=1S/C13H16Cl2N2O3/c1-8(6-16-9-2-3-9)7-20-13-11(14)4-10(17(18)19)5-12(13)15/h4-5,8-9,16H,2-3,6-7H2,1H3. The van der Waals surface area contributed by atoms with Gasteiger partial charge in [0.25, 0.3) is 5.69 Å². The predicted molar refractivity (Wildman–Crippen MR) is 78.8 cm³/mol. The van der Waals surface area contributed by atoms with E-state index < -0.39 is 4.92 Å². The Morgan fingerprint density at radius 1 is 1.45 bits per heavy atom. The molecule has 1 unspecified atom stereocenters. The number of nitro benzene ring substituents is 1. The zero-order valence-electron chi connectivity index (χ0n) is 11.1. The third-order valence-electron chi connectivity index (χ3n) is 3.04. The van der Waals surface area contributed by atoms with Crippen molar-refractivity contribution in [3.05, 3.63) is 32.3 Å². The normalized spacial score (nSPS) is 15.9. The number of rotatable bonds is 7. The number of nitrogens with zero attached hydrogens (tertiary/aromatic N) is 1. The Balaban J connectivity index is 1.92. The summed E-state index contributed by atoms with van der Waals surface area (Å²) in [6.07, 6.45) is 2.49. The predicted octanol–water partition coefficient (Wildman–Crippen LogP) is 3.67. The van der Waals surface area contributed by atoms with Crippen molar-refractivity contribution >= 4 is 28.9 Å². The quantitative estimate of drug-likeness (QED) is 0.615. The highest BCUT2D eigenvalue weighted by molar-refractivity contribution is 6.37. The molecular weight excluding hydrogens is 303 g/mol. The fourth-order valence-corrected chi connectivity index (χ4v) is 2.31. The molecule has 110 valence electrons. The van der Waals surface area contributed by atoms with Gasteiger partial charge in [0.1, 0.15) is 0 Å². The van der Waals surface area contributed by atoms with Crippen molar-refractivity contribution in [2.24, 2.45) is 5.92 Å². The Bertz CT molecular complexity index is 483. The van der Waals surface area contributed by atoms with Crippen molar-refractivity contribution in [1.82, 2.24) is 5.32 Å². The first-order valence-electron chi connectivity index (χ1n) is 6.47. The molecule has 7 heteroatoms. The van der Waals surface area contributed by atoms with Gasteiger partial charge in [-0.05, 0) is 12.8 Å². The maximum absolute atomic E-state index is 10.7. The van der Waals surface area contributed by atoms with Crippen LogP contribution in [0.2, 0.25) is 10.0 Å². The lowest BCUT2D eigenvalue weighted by Gasteiger charge is -2.15. The first-order valence-corrected chi connectivity index (χ1v) is 7.22. The molecule has 0 radical (unpaired) electrons. The lowest BCUT2D eigenvalue weighted by molar-refractivity contribution is -0.384. The molecule has 0 amide bonds. The van der Waals surface area contributed by atoms with E-state index in [1.54, 1.807) is 0 Å². The second-order valence-corrected chi connectivity index (χ2v) is 5.91. The number of hydrogen-bond donors (Lipinski definition) is 1. The summed E-state index contributed by atoms with van der Waals surface area (Å²) in [5.41, 5.74) is -0.143. The van der Waals surface area contributed by atoms with Crippen LogP contribution in [-0.2, 0) is 0 Å². The van der Waals surface area contributed by atoms with Crippen molar-refractivity contribution < 1.29 is 9.66 Å². The van der Waals surface area contributed by atoms with E-state index in [1.165, 1.54) is 25.0 Å². The second-order valence-electron chi connectivity index (χ2n) is 5.09. The molecule has 0 aromatic heterocycles. The Kier molecular flexibility index (Phi) is 5.07. The number of hydrogen-bond acceptors (Lipinski definition) is 4. The molecule has 1 atom stereocenters. The Morgan fingerprint density at radius 3 is 2.55 bits per heavy atom. The van der Waals surface area contributed by atoms with Gasteiger partial charge < -0.3 is 10.1 Å². The van der Waals surface area contributed by atoms with E-state index in [1.807, 2.05) is 0 Å². The van der Waals surface area contributed by atoms with Crippen LogP contribution in [0.1, 0.15) is 19.8 Å². The minimum absolute atomic E-state index is 0.143. The summed E-state index contributed by atoms with van der Waals surface area (Å²) < 4.78 is 5.59. The summed E-state index contributed by atoms with van der Waals surface area (Å²) >= 11 is 11.9. The van der Waals surface area contributed by atoms with Crippen LogP contribution in [0.15, 0.2) is 12.1 Å². The van der Waals surface area contributed by atoms with Gasteiger partial charge in [0, 0.05) is 30.6 Å². The van der Waals surface area contributed by atoms with E-state index in [2.05, 4.69) is 12.2 Å². The maximum atomic E-state index is 10.7.